The summed E-state index contributed by atoms with van der Waals surface area (Å²) in [6.07, 6.45) is 9.57. The molecule has 1 aromatic carbocycles. The van der Waals surface area contributed by atoms with Crippen molar-refractivity contribution in [3.05, 3.63) is 40.3 Å². The largest absolute Gasteiger partial charge is 0.493 e. The molecule has 182 valence electrons. The van der Waals surface area contributed by atoms with Crippen LogP contribution in [0.15, 0.2) is 33.6 Å². The number of nitrogens with zero attached hydrogens (tertiary/aromatic N) is 1. The lowest BCUT2D eigenvalue weighted by molar-refractivity contribution is 0.0603. The van der Waals surface area contributed by atoms with Gasteiger partial charge in [0.2, 0.25) is 0 Å². The Bertz CT molecular complexity index is 1050. The molecule has 7 heteroatoms. The number of fused-ring (bicyclic) bond motifs is 3. The van der Waals surface area contributed by atoms with Crippen LogP contribution in [0.4, 0.5) is 0 Å². The lowest BCUT2D eigenvalue weighted by Gasteiger charge is -2.21. The van der Waals surface area contributed by atoms with Crippen LogP contribution in [0.2, 0.25) is 0 Å². The Hall–Kier alpha value is -2.80. The highest BCUT2D eigenvalue weighted by Gasteiger charge is 2.21. The van der Waals surface area contributed by atoms with Crippen molar-refractivity contribution in [3.63, 3.8) is 0 Å². The number of furan rings is 1. The number of aromatic amines is 1. The Kier molecular flexibility index (Phi) is 11.0. The summed E-state index contributed by atoms with van der Waals surface area (Å²) in [4.78, 5) is 29.1. The van der Waals surface area contributed by atoms with E-state index >= 15 is 0 Å². The van der Waals surface area contributed by atoms with Crippen LogP contribution in [0.25, 0.3) is 21.9 Å². The normalized spacial score (nSPS) is 11.0. The second kappa shape index (κ2) is 13.7. The first-order valence-electron chi connectivity index (χ1n) is 11.9. The molecule has 0 amide bonds. The number of methoxy groups -OCH3 is 2. The van der Waals surface area contributed by atoms with E-state index in [1.54, 1.807) is 18.2 Å². The fourth-order valence-corrected chi connectivity index (χ4v) is 3.73. The van der Waals surface area contributed by atoms with Gasteiger partial charge in [0.05, 0.1) is 30.6 Å². The van der Waals surface area contributed by atoms with Crippen molar-refractivity contribution in [3.8, 4) is 5.75 Å². The van der Waals surface area contributed by atoms with Gasteiger partial charge >= 0.3 is 5.97 Å². The van der Waals surface area contributed by atoms with Crippen molar-refractivity contribution >= 4 is 27.9 Å². The van der Waals surface area contributed by atoms with Crippen LogP contribution in [-0.2, 0) is 4.74 Å². The molecule has 0 aliphatic heterocycles. The first kappa shape index (κ1) is 26.5. The molecular weight excluding hydrogens is 420 g/mol. The number of nitrogens with one attached hydrogen (secondary N) is 1. The lowest BCUT2D eigenvalue weighted by atomic mass is 10.1. The molecule has 2 aromatic heterocycles. The maximum atomic E-state index is 12.0. The Morgan fingerprint density at radius 3 is 2.06 bits per heavy atom. The fourth-order valence-electron chi connectivity index (χ4n) is 3.73. The summed E-state index contributed by atoms with van der Waals surface area (Å²) in [5.41, 5.74) is 0.666. The monoisotopic (exact) mass is 458 g/mol. The molecule has 0 bridgehead atoms. The number of hydrogen-bond donors (Lipinski definition) is 1. The number of ether oxygens (including phenoxy) is 2. The number of carbonyl (C=O) groups is 1. The maximum Gasteiger partial charge on any atom is 0.338 e. The van der Waals surface area contributed by atoms with Crippen LogP contribution < -0.4 is 10.3 Å². The average Bonchev–Trinajstić information content (AvgIpc) is 3.24. The Morgan fingerprint density at radius 2 is 1.55 bits per heavy atom. The number of carbonyl (C=O) groups excluding carboxylic acids is 1. The van der Waals surface area contributed by atoms with Crippen molar-refractivity contribution in [1.82, 2.24) is 9.88 Å². The number of hydrogen-bond acceptors (Lipinski definition) is 6. The van der Waals surface area contributed by atoms with E-state index in [1.807, 2.05) is 0 Å². The van der Waals surface area contributed by atoms with Crippen LogP contribution in [-0.4, -0.2) is 49.7 Å². The summed E-state index contributed by atoms with van der Waals surface area (Å²) in [6, 6.07) is 4.77. The first-order chi connectivity index (χ1) is 16.0. The zero-order valence-corrected chi connectivity index (χ0v) is 20.7. The van der Waals surface area contributed by atoms with Gasteiger partial charge in [0, 0.05) is 6.20 Å². The summed E-state index contributed by atoms with van der Waals surface area (Å²) in [5, 5.41) is 0.704. The zero-order valence-electron chi connectivity index (χ0n) is 20.7. The van der Waals surface area contributed by atoms with Gasteiger partial charge in [0.15, 0.2) is 11.3 Å². The van der Waals surface area contributed by atoms with Gasteiger partial charge in [-0.3, -0.25) is 4.79 Å². The van der Waals surface area contributed by atoms with E-state index in [0.717, 1.165) is 0 Å². The van der Waals surface area contributed by atoms with E-state index in [1.165, 1.54) is 78.6 Å². The average molecular weight is 459 g/mol. The SMILES string of the molecule is CCCCN(CCCC)CCCC.COC(=O)c1ccc(OC)c2oc3cc[nH]c(=O)c3c12. The summed E-state index contributed by atoms with van der Waals surface area (Å²) in [7, 11) is 2.77. The molecule has 0 aliphatic carbocycles. The maximum absolute atomic E-state index is 12.0. The second-order valence-corrected chi connectivity index (χ2v) is 8.06. The van der Waals surface area contributed by atoms with Crippen LogP contribution in [0.1, 0.15) is 69.7 Å². The molecule has 0 aliphatic rings. The smallest absolute Gasteiger partial charge is 0.338 e. The third-order valence-corrected chi connectivity index (χ3v) is 5.62. The summed E-state index contributed by atoms with van der Waals surface area (Å²) in [6.45, 7) is 10.8. The van der Waals surface area contributed by atoms with Crippen LogP contribution in [0.3, 0.4) is 0 Å². The molecule has 3 aromatic rings. The quantitative estimate of drug-likeness (QED) is 0.368. The highest BCUT2D eigenvalue weighted by Crippen LogP contribution is 2.35. The third kappa shape index (κ3) is 6.84. The summed E-state index contributed by atoms with van der Waals surface area (Å²) < 4.78 is 15.6. The number of unbranched alkanes of at least 4 members (excludes halogenated alkanes) is 3. The molecule has 0 fully saturated rings. The Balaban J connectivity index is 0.000000260. The van der Waals surface area contributed by atoms with E-state index in [4.69, 9.17) is 13.9 Å². The van der Waals surface area contributed by atoms with Gasteiger partial charge in [-0.05, 0) is 57.1 Å². The van der Waals surface area contributed by atoms with E-state index in [9.17, 15) is 9.59 Å². The molecule has 1 N–H and O–H groups in total. The van der Waals surface area contributed by atoms with Gasteiger partial charge in [-0.15, -0.1) is 0 Å². The van der Waals surface area contributed by atoms with Gasteiger partial charge in [0.1, 0.15) is 5.58 Å². The minimum atomic E-state index is -0.538. The van der Waals surface area contributed by atoms with E-state index in [2.05, 4.69) is 30.7 Å². The van der Waals surface area contributed by atoms with Crippen LogP contribution in [0.5, 0.6) is 5.75 Å². The molecule has 3 rings (SSSR count). The zero-order chi connectivity index (χ0) is 24.2. The van der Waals surface area contributed by atoms with Crippen molar-refractivity contribution < 1.29 is 18.7 Å². The molecule has 33 heavy (non-hydrogen) atoms. The minimum Gasteiger partial charge on any atom is -0.493 e. The van der Waals surface area contributed by atoms with Crippen molar-refractivity contribution in [2.24, 2.45) is 0 Å². The predicted octanol–water partition coefficient (Wildman–Crippen LogP) is 5.76. The standard InChI is InChI=1S/C14H11NO5.C12H27N/c1-18-9-4-3-7(14(17)19-2)10-11-8(20-12(9)10)5-6-15-13(11)16;1-4-7-10-13(11-8-5-2)12-9-6-3/h3-6H,1-2H3,(H,15,16);4-12H2,1-3H3. The molecule has 0 saturated carbocycles. The minimum absolute atomic E-state index is 0.263. The second-order valence-electron chi connectivity index (χ2n) is 8.06. The van der Waals surface area contributed by atoms with Crippen molar-refractivity contribution in [2.45, 2.75) is 59.3 Å². The molecular formula is C26H38N2O5. The van der Waals surface area contributed by atoms with E-state index < -0.39 is 5.97 Å². The van der Waals surface area contributed by atoms with E-state index in [0.29, 0.717) is 27.7 Å². The fraction of sp³-hybridized carbons (Fsp3) is 0.538. The molecule has 0 atom stereocenters. The number of benzene rings is 1. The topological polar surface area (TPSA) is 84.8 Å². The van der Waals surface area contributed by atoms with Gasteiger partial charge in [-0.2, -0.15) is 0 Å². The highest BCUT2D eigenvalue weighted by atomic mass is 16.5. The Morgan fingerprint density at radius 1 is 0.939 bits per heavy atom. The van der Waals surface area contributed by atoms with Gasteiger partial charge in [0.25, 0.3) is 5.56 Å². The molecule has 0 saturated heterocycles. The molecule has 2 heterocycles. The summed E-state index contributed by atoms with van der Waals surface area (Å²) in [5.74, 6) is -0.0909. The number of esters is 1. The summed E-state index contributed by atoms with van der Waals surface area (Å²) >= 11 is 0. The van der Waals surface area contributed by atoms with Crippen LogP contribution in [0, 0.1) is 0 Å². The highest BCUT2D eigenvalue weighted by molar-refractivity contribution is 6.16. The first-order valence-corrected chi connectivity index (χ1v) is 11.9. The third-order valence-electron chi connectivity index (χ3n) is 5.62. The molecule has 7 nitrogen and oxygen atoms in total. The predicted molar refractivity (Wildman–Crippen MR) is 133 cm³/mol. The number of rotatable bonds is 11. The van der Waals surface area contributed by atoms with Gasteiger partial charge < -0.3 is 23.8 Å². The van der Waals surface area contributed by atoms with Crippen molar-refractivity contribution in [1.29, 1.82) is 0 Å². The van der Waals surface area contributed by atoms with Crippen molar-refractivity contribution in [2.75, 3.05) is 33.9 Å². The van der Waals surface area contributed by atoms with E-state index in [-0.39, 0.29) is 11.1 Å². The van der Waals surface area contributed by atoms with Gasteiger partial charge in [-0.25, -0.2) is 4.79 Å². The van der Waals surface area contributed by atoms with Gasteiger partial charge in [-0.1, -0.05) is 40.0 Å². The number of H-pyrrole nitrogens is 1. The van der Waals surface area contributed by atoms with Crippen LogP contribution >= 0.6 is 0 Å². The number of pyridine rings is 1. The molecule has 0 radical (unpaired) electrons. The lowest BCUT2D eigenvalue weighted by Crippen LogP contribution is -2.27. The number of aromatic nitrogens is 1. The Labute approximate surface area is 196 Å². The molecule has 0 spiro atoms. The molecule has 0 unspecified atom stereocenters.